The van der Waals surface area contributed by atoms with Crippen LogP contribution in [0.1, 0.15) is 76.8 Å². The van der Waals surface area contributed by atoms with Gasteiger partial charge in [0, 0.05) is 0 Å². The van der Waals surface area contributed by atoms with Crippen LogP contribution in [0.5, 0.6) is 5.75 Å². The minimum atomic E-state index is 0.850. The highest BCUT2D eigenvalue weighted by atomic mass is 16.5. The van der Waals surface area contributed by atoms with Crippen molar-refractivity contribution < 1.29 is 4.74 Å². The highest BCUT2D eigenvalue weighted by Gasteiger charge is 2.18. The largest absolute Gasteiger partial charge is 0.497 e. The molecule has 0 saturated carbocycles. The Kier molecular flexibility index (Phi) is 7.20. The third-order valence-electron chi connectivity index (χ3n) is 5.40. The van der Waals surface area contributed by atoms with Crippen LogP contribution in [0.2, 0.25) is 0 Å². The molecule has 2 atom stereocenters. The summed E-state index contributed by atoms with van der Waals surface area (Å²) in [6.07, 6.45) is 13.1. The first-order valence-corrected chi connectivity index (χ1v) is 9.50. The van der Waals surface area contributed by atoms with Gasteiger partial charge in [0.2, 0.25) is 0 Å². The molecule has 128 valence electrons. The van der Waals surface area contributed by atoms with E-state index in [0.717, 1.165) is 17.6 Å². The summed E-state index contributed by atoms with van der Waals surface area (Å²) in [7, 11) is 1.75. The minimum absolute atomic E-state index is 0.850. The molecule has 2 unspecified atom stereocenters. The highest BCUT2D eigenvalue weighted by Crippen LogP contribution is 2.33. The Balaban J connectivity index is 2.07. The number of ether oxygens (including phenoxy) is 1. The van der Waals surface area contributed by atoms with Gasteiger partial charge in [-0.2, -0.15) is 0 Å². The van der Waals surface area contributed by atoms with Crippen LogP contribution in [0.25, 0.3) is 6.08 Å². The lowest BCUT2D eigenvalue weighted by Gasteiger charge is -2.25. The number of aryl methyl sites for hydroxylation is 1. The monoisotopic (exact) mass is 314 g/mol. The first kappa shape index (κ1) is 18.1. The van der Waals surface area contributed by atoms with Gasteiger partial charge in [-0.15, -0.1) is 0 Å². The molecule has 1 heteroatoms. The second kappa shape index (κ2) is 9.15. The van der Waals surface area contributed by atoms with Gasteiger partial charge in [0.15, 0.2) is 0 Å². The van der Waals surface area contributed by atoms with Gasteiger partial charge in [-0.1, -0.05) is 57.2 Å². The van der Waals surface area contributed by atoms with E-state index in [0.29, 0.717) is 0 Å². The molecule has 1 aromatic carbocycles. The molecule has 0 saturated heterocycles. The van der Waals surface area contributed by atoms with Gasteiger partial charge >= 0.3 is 0 Å². The van der Waals surface area contributed by atoms with Crippen LogP contribution in [-0.2, 0) is 6.42 Å². The minimum Gasteiger partial charge on any atom is -0.497 e. The maximum Gasteiger partial charge on any atom is 0.119 e. The van der Waals surface area contributed by atoms with E-state index in [-0.39, 0.29) is 0 Å². The number of rotatable bonds is 7. The molecule has 0 fully saturated rings. The molecular formula is C22H34O. The number of unbranched alkanes of at least 4 members (excludes halogenated alkanes) is 1. The molecule has 0 heterocycles. The van der Waals surface area contributed by atoms with Crippen molar-refractivity contribution in [3.8, 4) is 5.75 Å². The Bertz CT molecular complexity index is 515. The topological polar surface area (TPSA) is 9.23 Å². The zero-order chi connectivity index (χ0) is 16.7. The number of fused-ring (bicyclic) bond motifs is 1. The van der Waals surface area contributed by atoms with Crippen LogP contribution in [0.15, 0.2) is 23.8 Å². The SMILES string of the molecule is CCCCC(CC)CC1CCc2ccc(OC)cc2C=C(C)C1. The molecule has 1 nitrogen and oxygen atoms in total. The van der Waals surface area contributed by atoms with E-state index in [9.17, 15) is 0 Å². The molecule has 1 aliphatic rings. The number of hydrogen-bond donors (Lipinski definition) is 0. The van der Waals surface area contributed by atoms with Crippen molar-refractivity contribution in [2.75, 3.05) is 7.11 Å². The molecule has 0 N–H and O–H groups in total. The lowest BCUT2D eigenvalue weighted by atomic mass is 9.80. The third-order valence-corrected chi connectivity index (χ3v) is 5.40. The average molecular weight is 315 g/mol. The molecular weight excluding hydrogens is 280 g/mol. The lowest BCUT2D eigenvalue weighted by Crippen LogP contribution is -2.12. The highest BCUT2D eigenvalue weighted by molar-refractivity contribution is 5.59. The van der Waals surface area contributed by atoms with Gasteiger partial charge in [-0.25, -0.2) is 0 Å². The van der Waals surface area contributed by atoms with E-state index < -0.39 is 0 Å². The Labute approximate surface area is 143 Å². The second-order valence-electron chi connectivity index (χ2n) is 7.32. The molecule has 23 heavy (non-hydrogen) atoms. The summed E-state index contributed by atoms with van der Waals surface area (Å²) in [4.78, 5) is 0. The van der Waals surface area contributed by atoms with E-state index >= 15 is 0 Å². The van der Waals surface area contributed by atoms with Gasteiger partial charge in [0.05, 0.1) is 7.11 Å². The Morgan fingerprint density at radius 2 is 2.09 bits per heavy atom. The fraction of sp³-hybridized carbons (Fsp3) is 0.636. The molecule has 0 radical (unpaired) electrons. The van der Waals surface area contributed by atoms with E-state index in [2.05, 4.69) is 45.0 Å². The van der Waals surface area contributed by atoms with E-state index in [1.165, 1.54) is 68.1 Å². The van der Waals surface area contributed by atoms with E-state index in [1.54, 1.807) is 7.11 Å². The van der Waals surface area contributed by atoms with Gasteiger partial charge < -0.3 is 4.74 Å². The smallest absolute Gasteiger partial charge is 0.119 e. The summed E-state index contributed by atoms with van der Waals surface area (Å²) < 4.78 is 5.38. The Morgan fingerprint density at radius 1 is 1.26 bits per heavy atom. The Hall–Kier alpha value is -1.24. The standard InChI is InChI=1S/C22H34O/c1-5-7-8-18(6-2)15-19-9-10-20-11-12-22(23-4)16-21(20)14-17(3)13-19/h11-12,14,16,18-19H,5-10,13,15H2,1-4H3. The van der Waals surface area contributed by atoms with Gasteiger partial charge in [0.1, 0.15) is 5.75 Å². The van der Waals surface area contributed by atoms with Crippen LogP contribution in [0, 0.1) is 11.8 Å². The van der Waals surface area contributed by atoms with Crippen LogP contribution < -0.4 is 4.74 Å². The molecule has 1 aromatic rings. The third kappa shape index (κ3) is 5.41. The zero-order valence-electron chi connectivity index (χ0n) is 15.5. The van der Waals surface area contributed by atoms with Crippen molar-refractivity contribution in [3.05, 3.63) is 34.9 Å². The van der Waals surface area contributed by atoms with Crippen LogP contribution in [0.3, 0.4) is 0 Å². The van der Waals surface area contributed by atoms with Crippen molar-refractivity contribution in [1.82, 2.24) is 0 Å². The fourth-order valence-corrected chi connectivity index (χ4v) is 3.96. The molecule has 0 bridgehead atoms. The summed E-state index contributed by atoms with van der Waals surface area (Å²) in [5.41, 5.74) is 4.37. The normalized spacial score (nSPS) is 19.3. The molecule has 2 rings (SSSR count). The molecule has 0 spiro atoms. The predicted molar refractivity (Wildman–Crippen MR) is 101 cm³/mol. The number of allylic oxidation sites excluding steroid dienone is 1. The second-order valence-corrected chi connectivity index (χ2v) is 7.32. The fourth-order valence-electron chi connectivity index (χ4n) is 3.96. The average Bonchev–Trinajstić information content (AvgIpc) is 2.55. The van der Waals surface area contributed by atoms with Crippen molar-refractivity contribution in [2.45, 2.75) is 72.1 Å². The van der Waals surface area contributed by atoms with Crippen LogP contribution >= 0.6 is 0 Å². The molecule has 0 aromatic heterocycles. The quantitative estimate of drug-likeness (QED) is 0.547. The lowest BCUT2D eigenvalue weighted by molar-refractivity contribution is 0.321. The van der Waals surface area contributed by atoms with Crippen molar-refractivity contribution in [1.29, 1.82) is 0 Å². The zero-order valence-corrected chi connectivity index (χ0v) is 15.5. The summed E-state index contributed by atoms with van der Waals surface area (Å²) in [5.74, 6) is 2.74. The van der Waals surface area contributed by atoms with Gasteiger partial charge in [-0.05, 0) is 67.7 Å². The number of hydrogen-bond acceptors (Lipinski definition) is 1. The first-order valence-electron chi connectivity index (χ1n) is 9.50. The molecule has 0 aliphatic heterocycles. The molecule has 0 amide bonds. The van der Waals surface area contributed by atoms with Gasteiger partial charge in [0.25, 0.3) is 0 Å². The van der Waals surface area contributed by atoms with E-state index in [4.69, 9.17) is 4.74 Å². The maximum absolute atomic E-state index is 5.38. The first-order chi connectivity index (χ1) is 11.2. The number of methoxy groups -OCH3 is 1. The number of benzene rings is 1. The van der Waals surface area contributed by atoms with Crippen molar-refractivity contribution in [2.24, 2.45) is 11.8 Å². The predicted octanol–water partition coefficient (Wildman–Crippen LogP) is 6.66. The Morgan fingerprint density at radius 3 is 2.78 bits per heavy atom. The summed E-state index contributed by atoms with van der Waals surface area (Å²) in [6, 6.07) is 6.55. The van der Waals surface area contributed by atoms with Crippen LogP contribution in [0.4, 0.5) is 0 Å². The van der Waals surface area contributed by atoms with Gasteiger partial charge in [-0.3, -0.25) is 0 Å². The van der Waals surface area contributed by atoms with Crippen molar-refractivity contribution >= 4 is 6.08 Å². The van der Waals surface area contributed by atoms with E-state index in [1.807, 2.05) is 0 Å². The molecule has 1 aliphatic carbocycles. The van der Waals surface area contributed by atoms with Crippen LogP contribution in [-0.4, -0.2) is 7.11 Å². The summed E-state index contributed by atoms with van der Waals surface area (Å²) >= 11 is 0. The maximum atomic E-state index is 5.38. The van der Waals surface area contributed by atoms with Crippen molar-refractivity contribution in [3.63, 3.8) is 0 Å². The summed E-state index contributed by atoms with van der Waals surface area (Å²) in [6.45, 7) is 6.97. The summed E-state index contributed by atoms with van der Waals surface area (Å²) in [5, 5.41) is 0.